The summed E-state index contributed by atoms with van der Waals surface area (Å²) in [5.74, 6) is 0. The van der Waals surface area contributed by atoms with Crippen LogP contribution in [0.15, 0.2) is 4.99 Å². The topological polar surface area (TPSA) is 12.4 Å². The molecule has 0 spiro atoms. The standard InChI is InChI=1S/C2H5N.Y/c1-3-2;/h1H2,2H3;. The molecule has 21 valence electrons. The second-order valence-corrected chi connectivity index (χ2v) is 0.316. The van der Waals surface area contributed by atoms with Gasteiger partial charge in [0.1, 0.15) is 0 Å². The van der Waals surface area contributed by atoms with Gasteiger partial charge in [0.05, 0.1) is 0 Å². The Kier molecular flexibility index (Phi) is 20.4. The predicted molar refractivity (Wildman–Crippen MR) is 15.5 cm³/mol. The van der Waals surface area contributed by atoms with Gasteiger partial charge in [-0.2, -0.15) is 0 Å². The van der Waals surface area contributed by atoms with Gasteiger partial charge in [-0.3, -0.25) is 0 Å². The third-order valence-electron chi connectivity index (χ3n) is 0. The maximum atomic E-state index is 3.25. The minimum absolute atomic E-state index is 0. The summed E-state index contributed by atoms with van der Waals surface area (Å²) in [6, 6.07) is 0. The van der Waals surface area contributed by atoms with Crippen molar-refractivity contribution in [1.82, 2.24) is 0 Å². The zero-order valence-corrected chi connectivity index (χ0v) is 5.57. The van der Waals surface area contributed by atoms with Gasteiger partial charge in [-0.25, -0.2) is 0 Å². The van der Waals surface area contributed by atoms with E-state index in [1.165, 1.54) is 0 Å². The summed E-state index contributed by atoms with van der Waals surface area (Å²) in [6.07, 6.45) is 0. The first kappa shape index (κ1) is 8.84. The molecule has 0 amide bonds. The normalized spacial score (nSPS) is 3.25. The molecule has 0 aromatic rings. The zero-order valence-electron chi connectivity index (χ0n) is 2.73. The molecule has 0 saturated carbocycles. The molecule has 0 N–H and O–H groups in total. The van der Waals surface area contributed by atoms with E-state index in [9.17, 15) is 0 Å². The van der Waals surface area contributed by atoms with Gasteiger partial charge in [0.25, 0.3) is 0 Å². The molecule has 1 nitrogen and oxygen atoms in total. The number of hydrogen-bond acceptors (Lipinski definition) is 1. The van der Waals surface area contributed by atoms with Crippen molar-refractivity contribution in [2.45, 2.75) is 0 Å². The van der Waals surface area contributed by atoms with Crippen molar-refractivity contribution < 1.29 is 32.7 Å². The van der Waals surface area contributed by atoms with Crippen molar-refractivity contribution in [2.24, 2.45) is 4.99 Å². The fourth-order valence-corrected chi connectivity index (χ4v) is 0. The van der Waals surface area contributed by atoms with Gasteiger partial charge in [-0.15, -0.1) is 0 Å². The largest absolute Gasteiger partial charge is 0.304 e. The van der Waals surface area contributed by atoms with E-state index in [2.05, 4.69) is 11.7 Å². The Labute approximate surface area is 51.4 Å². The monoisotopic (exact) mass is 132 g/mol. The summed E-state index contributed by atoms with van der Waals surface area (Å²) in [6.45, 7) is 3.11. The average molecular weight is 132 g/mol. The molecule has 0 unspecified atom stereocenters. The first-order chi connectivity index (χ1) is 1.41. The van der Waals surface area contributed by atoms with Crippen molar-refractivity contribution in [1.29, 1.82) is 0 Å². The van der Waals surface area contributed by atoms with Crippen LogP contribution in [-0.2, 0) is 32.7 Å². The van der Waals surface area contributed by atoms with Gasteiger partial charge in [0, 0.05) is 39.8 Å². The minimum atomic E-state index is 0. The zero-order chi connectivity index (χ0) is 2.71. The van der Waals surface area contributed by atoms with Crippen LogP contribution in [-0.4, -0.2) is 13.8 Å². The summed E-state index contributed by atoms with van der Waals surface area (Å²) in [4.78, 5) is 3.25. The maximum absolute atomic E-state index is 3.25. The second-order valence-electron chi connectivity index (χ2n) is 0.316. The molecule has 0 saturated heterocycles. The Morgan fingerprint density at radius 2 is 1.75 bits per heavy atom. The van der Waals surface area contributed by atoms with Crippen LogP contribution in [0, 0.1) is 0 Å². The van der Waals surface area contributed by atoms with Crippen LogP contribution in [0.25, 0.3) is 0 Å². The van der Waals surface area contributed by atoms with E-state index in [0.717, 1.165) is 0 Å². The molecular weight excluding hydrogens is 127 g/mol. The van der Waals surface area contributed by atoms with Crippen molar-refractivity contribution in [3.63, 3.8) is 0 Å². The molecule has 0 rings (SSSR count). The van der Waals surface area contributed by atoms with Crippen molar-refractivity contribution in [2.75, 3.05) is 7.05 Å². The number of nitrogens with zero attached hydrogens (tertiary/aromatic N) is 1. The molecule has 0 bridgehead atoms. The van der Waals surface area contributed by atoms with Crippen LogP contribution in [0.3, 0.4) is 0 Å². The van der Waals surface area contributed by atoms with Gasteiger partial charge in [-0.1, -0.05) is 0 Å². The molecule has 0 aromatic heterocycles. The van der Waals surface area contributed by atoms with E-state index >= 15 is 0 Å². The van der Waals surface area contributed by atoms with Crippen LogP contribution >= 0.6 is 0 Å². The quantitative estimate of drug-likeness (QED) is 0.420. The Morgan fingerprint density at radius 3 is 1.75 bits per heavy atom. The number of hydrogen-bond donors (Lipinski definition) is 0. The van der Waals surface area contributed by atoms with Gasteiger partial charge in [0.15, 0.2) is 0 Å². The van der Waals surface area contributed by atoms with Crippen molar-refractivity contribution in [3.05, 3.63) is 0 Å². The van der Waals surface area contributed by atoms with Crippen LogP contribution in [0.5, 0.6) is 0 Å². The molecule has 2 heteroatoms. The molecule has 0 atom stereocenters. The first-order valence-electron chi connectivity index (χ1n) is 0.763. The van der Waals surface area contributed by atoms with Crippen LogP contribution in [0.2, 0.25) is 0 Å². The molecule has 0 fully saturated rings. The van der Waals surface area contributed by atoms with Crippen LogP contribution in [0.1, 0.15) is 0 Å². The van der Waals surface area contributed by atoms with E-state index < -0.39 is 0 Å². The minimum Gasteiger partial charge on any atom is -0.304 e. The van der Waals surface area contributed by atoms with E-state index in [1.54, 1.807) is 7.05 Å². The second kappa shape index (κ2) is 9.23. The third-order valence-corrected chi connectivity index (χ3v) is 0. The molecule has 0 heterocycles. The predicted octanol–water partition coefficient (Wildman–Crippen LogP) is 0.314. The Hall–Kier alpha value is 0.774. The summed E-state index contributed by atoms with van der Waals surface area (Å²) in [5.41, 5.74) is 0. The first-order valence-corrected chi connectivity index (χ1v) is 0.763. The van der Waals surface area contributed by atoms with Gasteiger partial charge in [0.2, 0.25) is 0 Å². The van der Waals surface area contributed by atoms with E-state index in [0.29, 0.717) is 0 Å². The van der Waals surface area contributed by atoms with Gasteiger partial charge in [-0.05, 0) is 6.72 Å². The Morgan fingerprint density at radius 1 is 1.75 bits per heavy atom. The summed E-state index contributed by atoms with van der Waals surface area (Å²) >= 11 is 0. The van der Waals surface area contributed by atoms with E-state index in [-0.39, 0.29) is 32.7 Å². The summed E-state index contributed by atoms with van der Waals surface area (Å²) < 4.78 is 0. The SMILES string of the molecule is C=NC.[Y]. The van der Waals surface area contributed by atoms with E-state index in [1.807, 2.05) is 0 Å². The van der Waals surface area contributed by atoms with E-state index in [4.69, 9.17) is 0 Å². The molecule has 4 heavy (non-hydrogen) atoms. The number of aliphatic imine (C=N–C) groups is 1. The fraction of sp³-hybridized carbons (Fsp3) is 0.500. The van der Waals surface area contributed by atoms with Crippen LogP contribution < -0.4 is 0 Å². The number of rotatable bonds is 0. The van der Waals surface area contributed by atoms with Crippen molar-refractivity contribution >= 4 is 6.72 Å². The van der Waals surface area contributed by atoms with Gasteiger partial charge >= 0.3 is 0 Å². The smallest absolute Gasteiger partial charge is 0.0269 e. The van der Waals surface area contributed by atoms with Crippen LogP contribution in [0.4, 0.5) is 0 Å². The van der Waals surface area contributed by atoms with Gasteiger partial charge < -0.3 is 4.99 Å². The molecule has 0 aromatic carbocycles. The molecule has 0 aliphatic carbocycles. The third kappa shape index (κ3) is 14.6. The maximum Gasteiger partial charge on any atom is 0.0269 e. The molecular formula is C2H5NY. The Balaban J connectivity index is 0. The fourth-order valence-electron chi connectivity index (χ4n) is 0. The van der Waals surface area contributed by atoms with Crippen molar-refractivity contribution in [3.8, 4) is 0 Å². The average Bonchev–Trinajstić information content (AvgIpc) is 0.918. The molecule has 1 radical (unpaired) electrons. The Bertz CT molecular complexity index is 13.5. The molecule has 0 aliphatic rings. The molecule has 0 aliphatic heterocycles. The summed E-state index contributed by atoms with van der Waals surface area (Å²) in [5, 5.41) is 0. The summed E-state index contributed by atoms with van der Waals surface area (Å²) in [7, 11) is 1.64.